The second-order valence-electron chi connectivity index (χ2n) is 7.01. The molecule has 1 saturated heterocycles. The number of carbonyl (C=O) groups excluding carboxylic acids is 2. The predicted molar refractivity (Wildman–Crippen MR) is 111 cm³/mol. The van der Waals surface area contributed by atoms with E-state index < -0.39 is 0 Å². The molecule has 0 bridgehead atoms. The lowest BCUT2D eigenvalue weighted by molar-refractivity contribution is -0.122. The van der Waals surface area contributed by atoms with E-state index >= 15 is 0 Å². The first-order chi connectivity index (χ1) is 12.6. The molecule has 2 aromatic carbocycles. The maximum absolute atomic E-state index is 12.4. The summed E-state index contributed by atoms with van der Waals surface area (Å²) in [6.07, 6.45) is 1.55. The van der Waals surface area contributed by atoms with Crippen LogP contribution in [-0.2, 0) is 4.79 Å². The zero-order valence-electron chi connectivity index (χ0n) is 15.6. The highest BCUT2D eigenvalue weighted by molar-refractivity contribution is 5.98. The molecule has 3 rings (SSSR count). The summed E-state index contributed by atoms with van der Waals surface area (Å²) in [5.74, 6) is 0.441. The van der Waals surface area contributed by atoms with E-state index in [2.05, 4.69) is 17.6 Å². The number of rotatable bonds is 6. The first kappa shape index (κ1) is 21.1. The van der Waals surface area contributed by atoms with Gasteiger partial charge in [-0.2, -0.15) is 0 Å². The Labute approximate surface area is 167 Å². The van der Waals surface area contributed by atoms with Crippen LogP contribution >= 0.6 is 12.4 Å². The van der Waals surface area contributed by atoms with Crippen LogP contribution < -0.4 is 10.6 Å². The summed E-state index contributed by atoms with van der Waals surface area (Å²) in [5.41, 5.74) is 2.87. The second-order valence-corrected chi connectivity index (χ2v) is 7.01. The van der Waals surface area contributed by atoms with Crippen LogP contribution in [0.15, 0.2) is 54.6 Å². The van der Waals surface area contributed by atoms with Gasteiger partial charge in [0.1, 0.15) is 0 Å². The van der Waals surface area contributed by atoms with Gasteiger partial charge in [-0.1, -0.05) is 61.5 Å². The lowest BCUT2D eigenvalue weighted by atomic mass is 9.94. The van der Waals surface area contributed by atoms with Crippen LogP contribution in [0.2, 0.25) is 0 Å². The standard InChI is InChI=1S/C22H26N2O2.ClH/c1-16-13-14-23-15-20(16)24-22(26)12-11-21(25)19-9-7-18(8-10-19)17-5-3-2-4-6-17;/h2-10,16,20,23H,11-15H2,1H3,(H,24,26);1H. The van der Waals surface area contributed by atoms with Crippen molar-refractivity contribution in [3.05, 3.63) is 60.2 Å². The Morgan fingerprint density at radius 3 is 2.33 bits per heavy atom. The van der Waals surface area contributed by atoms with Gasteiger partial charge >= 0.3 is 0 Å². The van der Waals surface area contributed by atoms with Crippen molar-refractivity contribution < 1.29 is 9.59 Å². The Morgan fingerprint density at radius 1 is 1.00 bits per heavy atom. The van der Waals surface area contributed by atoms with E-state index in [0.29, 0.717) is 11.5 Å². The average Bonchev–Trinajstić information content (AvgIpc) is 2.69. The fraction of sp³-hybridized carbons (Fsp3) is 0.364. The fourth-order valence-corrected chi connectivity index (χ4v) is 3.31. The number of hydrogen-bond acceptors (Lipinski definition) is 3. The molecule has 27 heavy (non-hydrogen) atoms. The molecule has 1 aliphatic rings. The summed E-state index contributed by atoms with van der Waals surface area (Å²) < 4.78 is 0. The van der Waals surface area contributed by atoms with Crippen molar-refractivity contribution in [2.45, 2.75) is 32.2 Å². The molecule has 0 radical (unpaired) electrons. The predicted octanol–water partition coefficient (Wildman–Crippen LogP) is 3.85. The number of piperidine rings is 1. The van der Waals surface area contributed by atoms with E-state index in [4.69, 9.17) is 0 Å². The van der Waals surface area contributed by atoms with Gasteiger partial charge in [-0.25, -0.2) is 0 Å². The van der Waals surface area contributed by atoms with Crippen LogP contribution in [-0.4, -0.2) is 30.8 Å². The quantitative estimate of drug-likeness (QED) is 0.741. The molecule has 0 aromatic heterocycles. The monoisotopic (exact) mass is 386 g/mol. The minimum absolute atomic E-state index is 0. The van der Waals surface area contributed by atoms with Crippen molar-refractivity contribution in [3.63, 3.8) is 0 Å². The number of halogens is 1. The Balaban J connectivity index is 0.00000261. The molecule has 0 saturated carbocycles. The van der Waals surface area contributed by atoms with Gasteiger partial charge in [0.25, 0.3) is 0 Å². The van der Waals surface area contributed by atoms with Gasteiger partial charge < -0.3 is 10.6 Å². The van der Waals surface area contributed by atoms with Gasteiger partial charge in [0, 0.05) is 31.0 Å². The number of benzene rings is 2. The van der Waals surface area contributed by atoms with Gasteiger partial charge in [-0.3, -0.25) is 9.59 Å². The Hall–Kier alpha value is -2.17. The van der Waals surface area contributed by atoms with Gasteiger partial charge in [0.2, 0.25) is 5.91 Å². The van der Waals surface area contributed by atoms with Gasteiger partial charge in [0.05, 0.1) is 0 Å². The summed E-state index contributed by atoms with van der Waals surface area (Å²) in [6.45, 7) is 3.97. The van der Waals surface area contributed by atoms with Crippen LogP contribution in [0.3, 0.4) is 0 Å². The van der Waals surface area contributed by atoms with Crippen LogP contribution in [0, 0.1) is 5.92 Å². The number of Topliss-reactive ketones (excluding diaryl/α,β-unsaturated/α-hetero) is 1. The molecule has 1 aliphatic heterocycles. The molecule has 144 valence electrons. The first-order valence-electron chi connectivity index (χ1n) is 9.32. The topological polar surface area (TPSA) is 58.2 Å². The van der Waals surface area contributed by atoms with Gasteiger partial charge in [-0.15, -0.1) is 12.4 Å². The Morgan fingerprint density at radius 2 is 1.67 bits per heavy atom. The molecule has 1 fully saturated rings. The summed E-state index contributed by atoms with van der Waals surface area (Å²) in [7, 11) is 0. The zero-order chi connectivity index (χ0) is 18.4. The van der Waals surface area contributed by atoms with Gasteiger partial charge in [-0.05, 0) is 30.0 Å². The number of hydrogen-bond donors (Lipinski definition) is 2. The summed E-state index contributed by atoms with van der Waals surface area (Å²) in [6, 6.07) is 17.8. The third-order valence-electron chi connectivity index (χ3n) is 5.07. The van der Waals surface area contributed by atoms with Crippen LogP contribution in [0.5, 0.6) is 0 Å². The number of nitrogens with one attached hydrogen (secondary N) is 2. The lowest BCUT2D eigenvalue weighted by Gasteiger charge is -2.30. The lowest BCUT2D eigenvalue weighted by Crippen LogP contribution is -2.50. The molecule has 2 aromatic rings. The van der Waals surface area contributed by atoms with Crippen molar-refractivity contribution in [1.82, 2.24) is 10.6 Å². The minimum atomic E-state index is -0.0418. The summed E-state index contributed by atoms with van der Waals surface area (Å²) >= 11 is 0. The molecule has 2 N–H and O–H groups in total. The molecular weight excluding hydrogens is 360 g/mol. The molecule has 0 aliphatic carbocycles. The van der Waals surface area contributed by atoms with Crippen molar-refractivity contribution in [3.8, 4) is 11.1 Å². The molecule has 1 heterocycles. The first-order valence-corrected chi connectivity index (χ1v) is 9.32. The number of carbonyl (C=O) groups is 2. The number of ketones is 1. The normalized spacial score (nSPS) is 19.0. The minimum Gasteiger partial charge on any atom is -0.352 e. The van der Waals surface area contributed by atoms with Crippen LogP contribution in [0.1, 0.15) is 36.5 Å². The Bertz CT molecular complexity index is 747. The maximum atomic E-state index is 12.4. The molecule has 0 spiro atoms. The molecule has 2 atom stereocenters. The SMILES string of the molecule is CC1CCNCC1NC(=O)CCC(=O)c1ccc(-c2ccccc2)cc1.Cl. The second kappa shape index (κ2) is 10.2. The van der Waals surface area contributed by atoms with E-state index in [1.807, 2.05) is 54.6 Å². The highest BCUT2D eigenvalue weighted by atomic mass is 35.5. The van der Waals surface area contributed by atoms with Crippen molar-refractivity contribution in [1.29, 1.82) is 0 Å². The van der Waals surface area contributed by atoms with Gasteiger partial charge in [0.15, 0.2) is 5.78 Å². The van der Waals surface area contributed by atoms with Crippen LogP contribution in [0.25, 0.3) is 11.1 Å². The summed E-state index contributed by atoms with van der Waals surface area (Å²) in [5, 5.41) is 6.35. The molecule has 5 heteroatoms. The largest absolute Gasteiger partial charge is 0.352 e. The van der Waals surface area contributed by atoms with E-state index in [1.54, 1.807) is 0 Å². The third-order valence-corrected chi connectivity index (χ3v) is 5.07. The number of amides is 1. The Kier molecular flexibility index (Phi) is 8.01. The van der Waals surface area contributed by atoms with E-state index in [9.17, 15) is 9.59 Å². The summed E-state index contributed by atoms with van der Waals surface area (Å²) in [4.78, 5) is 24.5. The van der Waals surface area contributed by atoms with E-state index in [0.717, 1.165) is 30.6 Å². The molecule has 2 unspecified atom stereocenters. The highest BCUT2D eigenvalue weighted by Crippen LogP contribution is 2.20. The average molecular weight is 387 g/mol. The van der Waals surface area contributed by atoms with Crippen molar-refractivity contribution >= 4 is 24.1 Å². The fourth-order valence-electron chi connectivity index (χ4n) is 3.31. The van der Waals surface area contributed by atoms with E-state index in [1.165, 1.54) is 0 Å². The highest BCUT2D eigenvalue weighted by Gasteiger charge is 2.22. The molecule has 1 amide bonds. The smallest absolute Gasteiger partial charge is 0.220 e. The third kappa shape index (κ3) is 5.91. The zero-order valence-corrected chi connectivity index (χ0v) is 16.4. The van der Waals surface area contributed by atoms with E-state index in [-0.39, 0.29) is 43.0 Å². The van der Waals surface area contributed by atoms with Crippen LogP contribution in [0.4, 0.5) is 0 Å². The van der Waals surface area contributed by atoms with Crippen molar-refractivity contribution in [2.75, 3.05) is 13.1 Å². The molecule has 4 nitrogen and oxygen atoms in total. The molecular formula is C22H27ClN2O2. The van der Waals surface area contributed by atoms with Crippen molar-refractivity contribution in [2.24, 2.45) is 5.92 Å². The maximum Gasteiger partial charge on any atom is 0.220 e.